The van der Waals surface area contributed by atoms with E-state index in [0.717, 1.165) is 31.2 Å². The number of nitrogens with two attached hydrogens (primary N) is 1. The maximum atomic E-state index is 12.3. The van der Waals surface area contributed by atoms with Crippen LogP contribution in [0, 0.1) is 0 Å². The molecule has 0 aromatic carbocycles. The van der Waals surface area contributed by atoms with E-state index in [0.29, 0.717) is 17.2 Å². The number of nitrogens with one attached hydrogen (secondary N) is 1. The minimum Gasteiger partial charge on any atom is -0.382 e. The summed E-state index contributed by atoms with van der Waals surface area (Å²) in [6.07, 6.45) is 0.917. The van der Waals surface area contributed by atoms with Crippen LogP contribution in [0.1, 0.15) is 29.9 Å². The molecule has 1 amide bonds. The van der Waals surface area contributed by atoms with Crippen LogP contribution in [-0.4, -0.2) is 56.1 Å². The number of thiazole rings is 1. The summed E-state index contributed by atoms with van der Waals surface area (Å²) in [6.45, 7) is 7.43. The van der Waals surface area contributed by atoms with Crippen LogP contribution in [0.5, 0.6) is 0 Å². The van der Waals surface area contributed by atoms with Gasteiger partial charge in [-0.1, -0.05) is 11.3 Å². The van der Waals surface area contributed by atoms with Gasteiger partial charge in [-0.3, -0.25) is 4.79 Å². The predicted octanol–water partition coefficient (Wildman–Crippen LogP) is 1.25. The lowest BCUT2D eigenvalue weighted by atomic mass is 10.3. The van der Waals surface area contributed by atoms with Crippen molar-refractivity contribution in [3.63, 3.8) is 0 Å². The molecule has 0 unspecified atom stereocenters. The van der Waals surface area contributed by atoms with E-state index in [2.05, 4.69) is 29.0 Å². The molecule has 0 bridgehead atoms. The summed E-state index contributed by atoms with van der Waals surface area (Å²) in [6, 6.07) is 0. The molecule has 0 aliphatic heterocycles. The minimum atomic E-state index is -0.0468. The zero-order chi connectivity index (χ0) is 15.1. The normalized spacial score (nSPS) is 10.6. The number of nitrogen functional groups attached to an aromatic ring is 1. The van der Waals surface area contributed by atoms with Gasteiger partial charge in [0.2, 0.25) is 0 Å². The fourth-order valence-electron chi connectivity index (χ4n) is 1.87. The summed E-state index contributed by atoms with van der Waals surface area (Å²) in [7, 11) is 3.70. The Hall–Kier alpha value is -1.34. The van der Waals surface area contributed by atoms with Crippen molar-refractivity contribution < 1.29 is 4.79 Å². The van der Waals surface area contributed by atoms with Crippen molar-refractivity contribution in [1.29, 1.82) is 0 Å². The van der Waals surface area contributed by atoms with E-state index in [9.17, 15) is 4.79 Å². The van der Waals surface area contributed by atoms with Gasteiger partial charge < -0.3 is 20.9 Å². The highest BCUT2D eigenvalue weighted by Gasteiger charge is 2.21. The molecule has 0 saturated carbocycles. The zero-order valence-corrected chi connectivity index (χ0v) is 13.6. The molecule has 0 fully saturated rings. The Morgan fingerprint density at radius 1 is 1.40 bits per heavy atom. The SMILES string of the molecule is CCN(CC)c1nc(N)c(C(=O)N(C)CCCNC)s1. The second kappa shape index (κ2) is 8.06. The summed E-state index contributed by atoms with van der Waals surface area (Å²) in [5.41, 5.74) is 5.89. The number of nitrogens with zero attached hydrogens (tertiary/aromatic N) is 3. The smallest absolute Gasteiger partial charge is 0.267 e. The Morgan fingerprint density at radius 2 is 2.05 bits per heavy atom. The van der Waals surface area contributed by atoms with Gasteiger partial charge in [0.05, 0.1) is 0 Å². The van der Waals surface area contributed by atoms with Gasteiger partial charge in [-0.25, -0.2) is 4.98 Å². The van der Waals surface area contributed by atoms with Gasteiger partial charge in [-0.15, -0.1) is 0 Å². The van der Waals surface area contributed by atoms with Crippen LogP contribution in [-0.2, 0) is 0 Å². The lowest BCUT2D eigenvalue weighted by molar-refractivity contribution is 0.0799. The molecule has 1 aromatic rings. The second-order valence-corrected chi connectivity index (χ2v) is 5.54. The van der Waals surface area contributed by atoms with E-state index in [1.54, 1.807) is 11.9 Å². The summed E-state index contributed by atoms with van der Waals surface area (Å²) in [4.78, 5) is 21.0. The topological polar surface area (TPSA) is 74.5 Å². The van der Waals surface area contributed by atoms with E-state index >= 15 is 0 Å². The van der Waals surface area contributed by atoms with Crippen molar-refractivity contribution in [2.24, 2.45) is 0 Å². The number of hydrogen-bond donors (Lipinski definition) is 2. The molecule has 0 spiro atoms. The third-order valence-electron chi connectivity index (χ3n) is 3.14. The maximum absolute atomic E-state index is 12.3. The standard InChI is InChI=1S/C13H25N5OS/c1-5-18(6-2)13-16-11(14)10(20-13)12(19)17(4)9-7-8-15-3/h15H,5-9,14H2,1-4H3. The minimum absolute atomic E-state index is 0.0468. The molecule has 114 valence electrons. The summed E-state index contributed by atoms with van der Waals surface area (Å²) in [5, 5.41) is 3.89. The van der Waals surface area contributed by atoms with Crippen LogP contribution < -0.4 is 16.0 Å². The van der Waals surface area contributed by atoms with Crippen molar-refractivity contribution in [3.8, 4) is 0 Å². The maximum Gasteiger partial charge on any atom is 0.267 e. The highest BCUT2D eigenvalue weighted by atomic mass is 32.1. The monoisotopic (exact) mass is 299 g/mol. The predicted molar refractivity (Wildman–Crippen MR) is 85.6 cm³/mol. The van der Waals surface area contributed by atoms with Crippen molar-refractivity contribution in [2.75, 3.05) is 50.9 Å². The average molecular weight is 299 g/mol. The first-order valence-electron chi connectivity index (χ1n) is 6.96. The Balaban J connectivity index is 2.77. The number of aromatic nitrogens is 1. The van der Waals surface area contributed by atoms with Gasteiger partial charge in [0.1, 0.15) is 10.7 Å². The molecule has 7 heteroatoms. The Morgan fingerprint density at radius 3 is 2.60 bits per heavy atom. The molecule has 6 nitrogen and oxygen atoms in total. The molecular formula is C13H25N5OS. The Bertz CT molecular complexity index is 430. The number of carbonyl (C=O) groups is 1. The highest BCUT2D eigenvalue weighted by molar-refractivity contribution is 7.18. The largest absolute Gasteiger partial charge is 0.382 e. The van der Waals surface area contributed by atoms with E-state index in [4.69, 9.17) is 5.73 Å². The van der Waals surface area contributed by atoms with Gasteiger partial charge in [0.15, 0.2) is 5.13 Å². The lowest BCUT2D eigenvalue weighted by Gasteiger charge is -2.17. The van der Waals surface area contributed by atoms with E-state index in [1.807, 2.05) is 7.05 Å². The molecule has 0 radical (unpaired) electrons. The molecule has 0 aliphatic carbocycles. The van der Waals surface area contributed by atoms with Crippen LogP contribution >= 0.6 is 11.3 Å². The van der Waals surface area contributed by atoms with Crippen LogP contribution in [0.25, 0.3) is 0 Å². The van der Waals surface area contributed by atoms with E-state index in [-0.39, 0.29) is 5.91 Å². The second-order valence-electron chi connectivity index (χ2n) is 4.57. The Kier molecular flexibility index (Phi) is 6.74. The molecule has 20 heavy (non-hydrogen) atoms. The summed E-state index contributed by atoms with van der Waals surface area (Å²) >= 11 is 1.38. The van der Waals surface area contributed by atoms with Gasteiger partial charge >= 0.3 is 0 Å². The van der Waals surface area contributed by atoms with E-state index < -0.39 is 0 Å². The van der Waals surface area contributed by atoms with Gasteiger partial charge in [0.25, 0.3) is 5.91 Å². The number of anilines is 2. The molecule has 0 atom stereocenters. The number of amides is 1. The van der Waals surface area contributed by atoms with Crippen molar-refractivity contribution in [3.05, 3.63) is 4.88 Å². The number of hydrogen-bond acceptors (Lipinski definition) is 6. The van der Waals surface area contributed by atoms with Crippen LogP contribution in [0.15, 0.2) is 0 Å². The Labute approximate surface area is 125 Å². The molecular weight excluding hydrogens is 274 g/mol. The van der Waals surface area contributed by atoms with Crippen LogP contribution in [0.2, 0.25) is 0 Å². The van der Waals surface area contributed by atoms with E-state index in [1.165, 1.54) is 11.3 Å². The molecule has 1 heterocycles. The quantitative estimate of drug-likeness (QED) is 0.707. The van der Waals surface area contributed by atoms with Crippen molar-refractivity contribution in [1.82, 2.24) is 15.2 Å². The molecule has 1 aromatic heterocycles. The average Bonchev–Trinajstić information content (AvgIpc) is 2.81. The highest BCUT2D eigenvalue weighted by Crippen LogP contribution is 2.28. The summed E-state index contributed by atoms with van der Waals surface area (Å²) < 4.78 is 0. The number of carbonyl (C=O) groups excluding carboxylic acids is 1. The first-order valence-corrected chi connectivity index (χ1v) is 7.78. The van der Waals surface area contributed by atoms with Gasteiger partial charge in [0, 0.05) is 26.7 Å². The third kappa shape index (κ3) is 4.08. The van der Waals surface area contributed by atoms with Gasteiger partial charge in [-0.05, 0) is 33.9 Å². The van der Waals surface area contributed by atoms with Crippen molar-refractivity contribution >= 4 is 28.2 Å². The van der Waals surface area contributed by atoms with Crippen molar-refractivity contribution in [2.45, 2.75) is 20.3 Å². The fourth-order valence-corrected chi connectivity index (χ4v) is 2.98. The lowest BCUT2D eigenvalue weighted by Crippen LogP contribution is -2.29. The zero-order valence-electron chi connectivity index (χ0n) is 12.8. The number of rotatable bonds is 8. The molecule has 3 N–H and O–H groups in total. The van der Waals surface area contributed by atoms with Crippen LogP contribution in [0.3, 0.4) is 0 Å². The molecule has 1 rings (SSSR count). The van der Waals surface area contributed by atoms with Gasteiger partial charge in [-0.2, -0.15) is 0 Å². The first-order chi connectivity index (χ1) is 9.54. The third-order valence-corrected chi connectivity index (χ3v) is 4.26. The van der Waals surface area contributed by atoms with Crippen LogP contribution in [0.4, 0.5) is 10.9 Å². The summed E-state index contributed by atoms with van der Waals surface area (Å²) in [5.74, 6) is 0.289. The fraction of sp³-hybridized carbons (Fsp3) is 0.692. The molecule has 0 saturated heterocycles. The molecule has 0 aliphatic rings. The first kappa shape index (κ1) is 16.7.